The van der Waals surface area contributed by atoms with Crippen molar-refractivity contribution in [3.05, 3.63) is 88.5 Å². The Kier molecular flexibility index (Phi) is 6.22. The second-order valence-corrected chi connectivity index (χ2v) is 10.7. The second-order valence-electron chi connectivity index (χ2n) is 10.7. The van der Waals surface area contributed by atoms with E-state index in [2.05, 4.69) is 47.4 Å². The summed E-state index contributed by atoms with van der Waals surface area (Å²) in [7, 11) is 1.69. The van der Waals surface area contributed by atoms with E-state index in [0.29, 0.717) is 5.75 Å². The van der Waals surface area contributed by atoms with Crippen LogP contribution in [0.3, 0.4) is 0 Å². The molecule has 1 spiro atoms. The van der Waals surface area contributed by atoms with E-state index in [4.69, 9.17) is 9.47 Å². The number of ether oxygens (including phenoxy) is 2. The maximum absolute atomic E-state index is 10.3. The Morgan fingerprint density at radius 1 is 0.833 bits per heavy atom. The molecule has 0 bridgehead atoms. The lowest BCUT2D eigenvalue weighted by Gasteiger charge is -2.26. The van der Waals surface area contributed by atoms with E-state index in [9.17, 15) is 5.11 Å². The van der Waals surface area contributed by atoms with Crippen LogP contribution in [0.4, 0.5) is 0 Å². The molecule has 3 aromatic rings. The van der Waals surface area contributed by atoms with Crippen molar-refractivity contribution < 1.29 is 14.6 Å². The van der Waals surface area contributed by atoms with Gasteiger partial charge in [0.25, 0.3) is 0 Å². The lowest BCUT2D eigenvalue weighted by atomic mass is 9.77. The van der Waals surface area contributed by atoms with Gasteiger partial charge in [-0.2, -0.15) is 0 Å². The molecule has 1 N–H and O–H groups in total. The molecule has 1 atom stereocenters. The number of piperidine rings is 1. The van der Waals surface area contributed by atoms with Gasteiger partial charge in [0.15, 0.2) is 0 Å². The lowest BCUT2D eigenvalue weighted by Crippen LogP contribution is -2.33. The third-order valence-electron chi connectivity index (χ3n) is 8.27. The summed E-state index contributed by atoms with van der Waals surface area (Å²) in [5.74, 6) is 2.17. The molecule has 2 aliphatic carbocycles. The van der Waals surface area contributed by atoms with Crippen molar-refractivity contribution in [2.45, 2.75) is 38.5 Å². The summed E-state index contributed by atoms with van der Waals surface area (Å²) in [6.07, 6.45) is 9.29. The van der Waals surface area contributed by atoms with Crippen LogP contribution in [-0.4, -0.2) is 43.4 Å². The molecule has 0 amide bonds. The number of benzene rings is 3. The molecule has 1 saturated heterocycles. The molecule has 186 valence electrons. The fraction of sp³-hybridized carbons (Fsp3) is 0.375. The Bertz CT molecular complexity index is 1270. The predicted molar refractivity (Wildman–Crippen MR) is 145 cm³/mol. The van der Waals surface area contributed by atoms with Crippen molar-refractivity contribution >= 4 is 11.6 Å². The average Bonchev–Trinajstić information content (AvgIpc) is 3.41. The third kappa shape index (κ3) is 4.51. The van der Waals surface area contributed by atoms with E-state index >= 15 is 0 Å². The van der Waals surface area contributed by atoms with Crippen LogP contribution in [-0.2, 0) is 19.3 Å². The molecule has 1 aliphatic heterocycles. The van der Waals surface area contributed by atoms with Crippen LogP contribution >= 0.6 is 0 Å². The molecule has 1 heterocycles. The molecular weight excluding hydrogens is 446 g/mol. The van der Waals surface area contributed by atoms with Gasteiger partial charge < -0.3 is 14.6 Å². The van der Waals surface area contributed by atoms with Gasteiger partial charge in [0.05, 0.1) is 7.11 Å². The molecule has 36 heavy (non-hydrogen) atoms. The highest BCUT2D eigenvalue weighted by atomic mass is 16.5. The van der Waals surface area contributed by atoms with Crippen molar-refractivity contribution in [2.24, 2.45) is 5.41 Å². The quantitative estimate of drug-likeness (QED) is 0.459. The number of phenols is 1. The van der Waals surface area contributed by atoms with E-state index in [-0.39, 0.29) is 5.41 Å². The number of fused-ring (bicyclic) bond motifs is 2. The minimum atomic E-state index is 0.00477. The van der Waals surface area contributed by atoms with E-state index in [0.717, 1.165) is 49.5 Å². The van der Waals surface area contributed by atoms with Crippen molar-refractivity contribution in [1.82, 2.24) is 4.90 Å². The number of hydrogen-bond donors (Lipinski definition) is 1. The Hall–Kier alpha value is -3.24. The Morgan fingerprint density at radius 2 is 1.56 bits per heavy atom. The fourth-order valence-electron chi connectivity index (χ4n) is 6.42. The zero-order chi connectivity index (χ0) is 24.5. The molecule has 1 unspecified atom stereocenters. The van der Waals surface area contributed by atoms with Crippen LogP contribution in [0.2, 0.25) is 0 Å². The maximum Gasteiger partial charge on any atom is 0.119 e. The maximum atomic E-state index is 10.3. The molecule has 4 heteroatoms. The largest absolute Gasteiger partial charge is 0.508 e. The van der Waals surface area contributed by atoms with Crippen molar-refractivity contribution in [3.8, 4) is 17.2 Å². The summed E-state index contributed by atoms with van der Waals surface area (Å²) >= 11 is 0. The number of nitrogens with zero attached hydrogens (tertiary/aromatic N) is 1. The number of allylic oxidation sites excluding steroid dienone is 1. The molecule has 4 nitrogen and oxygen atoms in total. The van der Waals surface area contributed by atoms with Gasteiger partial charge in [-0.3, -0.25) is 4.90 Å². The molecule has 0 saturated carbocycles. The molecule has 1 fully saturated rings. The zero-order valence-corrected chi connectivity index (χ0v) is 21.1. The first-order valence-electron chi connectivity index (χ1n) is 13.3. The topological polar surface area (TPSA) is 41.9 Å². The standard InChI is InChI=1S/C32H35NO3/c1-35-28-10-5-23(6-11-28)17-31-30-19-27(34)9-7-25(30)21-32(31)20-24-8-12-29(18-26(24)22-32)36-16-15-33-13-3-2-4-14-33/h5-12,17-19,34H,2-4,13-16,20-22H2,1H3/b31-17+. The Morgan fingerprint density at radius 3 is 2.36 bits per heavy atom. The first kappa shape index (κ1) is 23.2. The number of rotatable bonds is 6. The minimum Gasteiger partial charge on any atom is -0.508 e. The van der Waals surface area contributed by atoms with E-state index in [1.165, 1.54) is 60.2 Å². The fourth-order valence-corrected chi connectivity index (χ4v) is 6.42. The third-order valence-corrected chi connectivity index (χ3v) is 8.27. The van der Waals surface area contributed by atoms with Crippen LogP contribution in [0.25, 0.3) is 11.6 Å². The lowest BCUT2D eigenvalue weighted by molar-refractivity contribution is 0.183. The normalized spacial score (nSPS) is 22.1. The Labute approximate surface area is 214 Å². The first-order chi connectivity index (χ1) is 17.6. The molecule has 6 rings (SSSR count). The average molecular weight is 482 g/mol. The summed E-state index contributed by atoms with van der Waals surface area (Å²) in [6, 6.07) is 20.8. The number of likely N-dealkylation sites (tertiary alicyclic amines) is 1. The van der Waals surface area contributed by atoms with Gasteiger partial charge in [0, 0.05) is 12.0 Å². The SMILES string of the molecule is COc1ccc(/C=C2\c3cc(O)ccc3CC23Cc2ccc(OCCN4CCCCC4)cc2C3)cc1. The van der Waals surface area contributed by atoms with E-state index in [1.807, 2.05) is 24.3 Å². The number of aromatic hydroxyl groups is 1. The number of methoxy groups -OCH3 is 1. The summed E-state index contributed by atoms with van der Waals surface area (Å²) in [6.45, 7) is 4.16. The number of hydrogen-bond acceptors (Lipinski definition) is 4. The summed E-state index contributed by atoms with van der Waals surface area (Å²) < 4.78 is 11.6. The Balaban J connectivity index is 1.25. The van der Waals surface area contributed by atoms with Crippen LogP contribution in [0.15, 0.2) is 60.7 Å². The van der Waals surface area contributed by atoms with Gasteiger partial charge in [-0.1, -0.05) is 36.8 Å². The van der Waals surface area contributed by atoms with Crippen molar-refractivity contribution in [1.29, 1.82) is 0 Å². The van der Waals surface area contributed by atoms with Gasteiger partial charge in [-0.15, -0.1) is 0 Å². The zero-order valence-electron chi connectivity index (χ0n) is 21.1. The van der Waals surface area contributed by atoms with Crippen LogP contribution in [0.5, 0.6) is 17.2 Å². The van der Waals surface area contributed by atoms with Crippen molar-refractivity contribution in [2.75, 3.05) is 33.4 Å². The molecule has 3 aliphatic rings. The highest BCUT2D eigenvalue weighted by Gasteiger charge is 2.46. The predicted octanol–water partition coefficient (Wildman–Crippen LogP) is 6.15. The number of phenolic OH excluding ortho intramolecular Hbond substituents is 1. The van der Waals surface area contributed by atoms with Crippen LogP contribution < -0.4 is 9.47 Å². The molecule has 0 aromatic heterocycles. The van der Waals surface area contributed by atoms with Gasteiger partial charge >= 0.3 is 0 Å². The second kappa shape index (κ2) is 9.67. The molecule has 3 aromatic carbocycles. The van der Waals surface area contributed by atoms with Crippen LogP contribution in [0, 0.1) is 5.41 Å². The monoisotopic (exact) mass is 481 g/mol. The highest BCUT2D eigenvalue weighted by molar-refractivity contribution is 5.90. The van der Waals surface area contributed by atoms with E-state index < -0.39 is 0 Å². The smallest absolute Gasteiger partial charge is 0.119 e. The van der Waals surface area contributed by atoms with Gasteiger partial charge in [0.1, 0.15) is 23.9 Å². The highest BCUT2D eigenvalue weighted by Crippen LogP contribution is 2.55. The summed E-state index contributed by atoms with van der Waals surface area (Å²) in [5, 5.41) is 10.3. The van der Waals surface area contributed by atoms with Crippen LogP contribution in [0.1, 0.15) is 47.1 Å². The van der Waals surface area contributed by atoms with Crippen molar-refractivity contribution in [3.63, 3.8) is 0 Å². The van der Waals surface area contributed by atoms with Gasteiger partial charge in [0.2, 0.25) is 0 Å². The van der Waals surface area contributed by atoms with E-state index in [1.54, 1.807) is 7.11 Å². The van der Waals surface area contributed by atoms with Gasteiger partial charge in [-0.05, 0) is 115 Å². The molecular formula is C32H35NO3. The minimum absolute atomic E-state index is 0.00477. The summed E-state index contributed by atoms with van der Waals surface area (Å²) in [5.41, 5.74) is 7.78. The molecule has 0 radical (unpaired) electrons. The van der Waals surface area contributed by atoms with Gasteiger partial charge in [-0.25, -0.2) is 0 Å². The first-order valence-corrected chi connectivity index (χ1v) is 13.3. The summed E-state index contributed by atoms with van der Waals surface area (Å²) in [4.78, 5) is 2.52.